The van der Waals surface area contributed by atoms with Crippen LogP contribution in [0.5, 0.6) is 11.5 Å². The summed E-state index contributed by atoms with van der Waals surface area (Å²) < 4.78 is 10.6. The SMILES string of the molecule is COc1ccc(C(=O)N2CCNCC2c2cccc(Cl)c2)c(OC)c1.Cl. The average Bonchev–Trinajstić information content (AvgIpc) is 2.67. The Morgan fingerprint density at radius 2 is 2.00 bits per heavy atom. The number of hydrogen-bond acceptors (Lipinski definition) is 4. The maximum atomic E-state index is 13.2. The first-order chi connectivity index (χ1) is 12.1. The van der Waals surface area contributed by atoms with Crippen LogP contribution in [0, 0.1) is 0 Å². The highest BCUT2D eigenvalue weighted by Crippen LogP contribution is 2.30. The van der Waals surface area contributed by atoms with Gasteiger partial charge >= 0.3 is 0 Å². The number of methoxy groups -OCH3 is 2. The maximum absolute atomic E-state index is 13.2. The molecule has 1 N–H and O–H groups in total. The lowest BCUT2D eigenvalue weighted by Gasteiger charge is -2.37. The lowest BCUT2D eigenvalue weighted by atomic mass is 10.0. The molecule has 1 amide bonds. The van der Waals surface area contributed by atoms with E-state index in [2.05, 4.69) is 5.32 Å². The number of piperazine rings is 1. The summed E-state index contributed by atoms with van der Waals surface area (Å²) in [5.41, 5.74) is 1.54. The van der Waals surface area contributed by atoms with E-state index in [4.69, 9.17) is 21.1 Å². The van der Waals surface area contributed by atoms with Crippen molar-refractivity contribution in [2.45, 2.75) is 6.04 Å². The van der Waals surface area contributed by atoms with Gasteiger partial charge in [0.25, 0.3) is 5.91 Å². The van der Waals surface area contributed by atoms with E-state index in [1.807, 2.05) is 29.2 Å². The number of benzene rings is 2. The molecule has 0 aliphatic carbocycles. The molecule has 5 nitrogen and oxygen atoms in total. The summed E-state index contributed by atoms with van der Waals surface area (Å²) in [6.45, 7) is 2.05. The van der Waals surface area contributed by atoms with Crippen molar-refractivity contribution in [1.29, 1.82) is 0 Å². The van der Waals surface area contributed by atoms with Gasteiger partial charge in [0.2, 0.25) is 0 Å². The van der Waals surface area contributed by atoms with Crippen LogP contribution in [0.25, 0.3) is 0 Å². The van der Waals surface area contributed by atoms with Gasteiger partial charge in [0, 0.05) is 30.7 Å². The Bertz CT molecular complexity index is 770. The predicted molar refractivity (Wildman–Crippen MR) is 105 cm³/mol. The summed E-state index contributed by atoms with van der Waals surface area (Å²) in [6.07, 6.45) is 0. The van der Waals surface area contributed by atoms with Gasteiger partial charge in [-0.05, 0) is 29.8 Å². The molecule has 1 fully saturated rings. The Kier molecular flexibility index (Phi) is 7.14. The molecule has 7 heteroatoms. The Morgan fingerprint density at radius 3 is 2.69 bits per heavy atom. The highest BCUT2D eigenvalue weighted by molar-refractivity contribution is 6.30. The standard InChI is InChI=1S/C19H21ClN2O3.ClH/c1-24-15-6-7-16(18(11-15)25-2)19(23)22-9-8-21-12-17(22)13-4-3-5-14(20)10-13;/h3-7,10-11,17,21H,8-9,12H2,1-2H3;1H. The predicted octanol–water partition coefficient (Wildman–Crippen LogP) is 3.57. The van der Waals surface area contributed by atoms with Crippen molar-refractivity contribution in [3.05, 3.63) is 58.6 Å². The van der Waals surface area contributed by atoms with E-state index < -0.39 is 0 Å². The largest absolute Gasteiger partial charge is 0.497 e. The lowest BCUT2D eigenvalue weighted by molar-refractivity contribution is 0.0631. The summed E-state index contributed by atoms with van der Waals surface area (Å²) in [6, 6.07) is 12.8. The minimum atomic E-state index is -0.0771. The number of carbonyl (C=O) groups is 1. The molecule has 26 heavy (non-hydrogen) atoms. The lowest BCUT2D eigenvalue weighted by Crippen LogP contribution is -2.48. The molecule has 1 heterocycles. The molecule has 0 bridgehead atoms. The van der Waals surface area contributed by atoms with Gasteiger partial charge in [0.1, 0.15) is 11.5 Å². The third-order valence-corrected chi connectivity index (χ3v) is 4.61. The number of carbonyl (C=O) groups excluding carboxylic acids is 1. The number of amides is 1. The highest BCUT2D eigenvalue weighted by Gasteiger charge is 2.30. The highest BCUT2D eigenvalue weighted by atomic mass is 35.5. The van der Waals surface area contributed by atoms with Gasteiger partial charge in [-0.1, -0.05) is 23.7 Å². The number of rotatable bonds is 4. The van der Waals surface area contributed by atoms with Gasteiger partial charge in [-0.2, -0.15) is 0 Å². The van der Waals surface area contributed by atoms with Crippen LogP contribution in [0.1, 0.15) is 22.0 Å². The molecular formula is C19H22Cl2N2O3. The second-order valence-corrected chi connectivity index (χ2v) is 6.28. The molecule has 1 unspecified atom stereocenters. The Hall–Kier alpha value is -1.95. The molecule has 1 atom stereocenters. The molecule has 0 aromatic heterocycles. The molecule has 2 aromatic rings. The smallest absolute Gasteiger partial charge is 0.258 e. The van der Waals surface area contributed by atoms with Crippen LogP contribution in [0.4, 0.5) is 0 Å². The minimum Gasteiger partial charge on any atom is -0.497 e. The van der Waals surface area contributed by atoms with E-state index in [9.17, 15) is 4.79 Å². The zero-order valence-electron chi connectivity index (χ0n) is 14.7. The van der Waals surface area contributed by atoms with Crippen molar-refractivity contribution < 1.29 is 14.3 Å². The third kappa shape index (κ3) is 4.23. The number of nitrogens with zero attached hydrogens (tertiary/aromatic N) is 1. The fourth-order valence-electron chi connectivity index (χ4n) is 3.09. The van der Waals surface area contributed by atoms with Gasteiger partial charge in [-0.15, -0.1) is 12.4 Å². The van der Waals surface area contributed by atoms with E-state index in [1.54, 1.807) is 32.4 Å². The van der Waals surface area contributed by atoms with Gasteiger partial charge in [-0.3, -0.25) is 4.79 Å². The zero-order chi connectivity index (χ0) is 17.8. The first-order valence-corrected chi connectivity index (χ1v) is 8.51. The van der Waals surface area contributed by atoms with Gasteiger partial charge in [-0.25, -0.2) is 0 Å². The summed E-state index contributed by atoms with van der Waals surface area (Å²) >= 11 is 6.13. The molecule has 2 aromatic carbocycles. The third-order valence-electron chi connectivity index (χ3n) is 4.38. The van der Waals surface area contributed by atoms with E-state index in [0.29, 0.717) is 35.2 Å². The number of nitrogens with one attached hydrogen (secondary N) is 1. The normalized spacial score (nSPS) is 16.6. The van der Waals surface area contributed by atoms with E-state index in [1.165, 1.54) is 0 Å². The van der Waals surface area contributed by atoms with Crippen LogP contribution in [-0.2, 0) is 0 Å². The van der Waals surface area contributed by atoms with Gasteiger partial charge < -0.3 is 19.7 Å². The summed E-state index contributed by atoms with van der Waals surface area (Å²) in [7, 11) is 3.14. The van der Waals surface area contributed by atoms with Crippen molar-refractivity contribution in [2.24, 2.45) is 0 Å². The second kappa shape index (κ2) is 9.12. The Balaban J connectivity index is 0.00000243. The average molecular weight is 397 g/mol. The fraction of sp³-hybridized carbons (Fsp3) is 0.316. The number of ether oxygens (including phenoxy) is 2. The van der Waals surface area contributed by atoms with E-state index in [-0.39, 0.29) is 24.4 Å². The minimum absolute atomic E-state index is 0. The molecule has 0 radical (unpaired) electrons. The fourth-order valence-corrected chi connectivity index (χ4v) is 3.29. The summed E-state index contributed by atoms with van der Waals surface area (Å²) in [4.78, 5) is 15.1. The van der Waals surface area contributed by atoms with Gasteiger partial charge in [0.05, 0.1) is 25.8 Å². The first kappa shape index (κ1) is 20.4. The molecule has 1 aliphatic rings. The first-order valence-electron chi connectivity index (χ1n) is 8.13. The van der Waals surface area contributed by atoms with Crippen molar-refractivity contribution in [3.63, 3.8) is 0 Å². The number of halogens is 2. The van der Waals surface area contributed by atoms with E-state index >= 15 is 0 Å². The zero-order valence-corrected chi connectivity index (χ0v) is 16.3. The molecule has 1 saturated heterocycles. The number of hydrogen-bond donors (Lipinski definition) is 1. The molecule has 1 aliphatic heterocycles. The maximum Gasteiger partial charge on any atom is 0.258 e. The quantitative estimate of drug-likeness (QED) is 0.857. The molecule has 0 spiro atoms. The second-order valence-electron chi connectivity index (χ2n) is 5.84. The van der Waals surface area contributed by atoms with E-state index in [0.717, 1.165) is 12.1 Å². The van der Waals surface area contributed by atoms with Crippen LogP contribution in [0.15, 0.2) is 42.5 Å². The van der Waals surface area contributed by atoms with Crippen molar-refractivity contribution >= 4 is 29.9 Å². The Morgan fingerprint density at radius 1 is 1.19 bits per heavy atom. The molecule has 0 saturated carbocycles. The molecular weight excluding hydrogens is 375 g/mol. The van der Waals surface area contributed by atoms with Gasteiger partial charge in [0.15, 0.2) is 0 Å². The van der Waals surface area contributed by atoms with Crippen LogP contribution in [0.2, 0.25) is 5.02 Å². The molecule has 3 rings (SSSR count). The van der Waals surface area contributed by atoms with Crippen LogP contribution < -0.4 is 14.8 Å². The summed E-state index contributed by atoms with van der Waals surface area (Å²) in [5.74, 6) is 1.10. The van der Waals surface area contributed by atoms with Crippen molar-refractivity contribution in [1.82, 2.24) is 10.2 Å². The van der Waals surface area contributed by atoms with Crippen LogP contribution in [-0.4, -0.2) is 44.7 Å². The molecule has 140 valence electrons. The van der Waals surface area contributed by atoms with Crippen molar-refractivity contribution in [3.8, 4) is 11.5 Å². The van der Waals surface area contributed by atoms with Crippen LogP contribution >= 0.6 is 24.0 Å². The Labute approximate surface area is 164 Å². The monoisotopic (exact) mass is 396 g/mol. The van der Waals surface area contributed by atoms with Crippen molar-refractivity contribution in [2.75, 3.05) is 33.9 Å². The van der Waals surface area contributed by atoms with Crippen LogP contribution in [0.3, 0.4) is 0 Å². The summed E-state index contributed by atoms with van der Waals surface area (Å²) in [5, 5.41) is 4.01. The topological polar surface area (TPSA) is 50.8 Å².